The Labute approximate surface area is 219 Å². The lowest BCUT2D eigenvalue weighted by atomic mass is 9.95. The summed E-state index contributed by atoms with van der Waals surface area (Å²) in [6.45, 7) is 7.17. The maximum absolute atomic E-state index is 13.0. The molecule has 194 valence electrons. The second-order valence-corrected chi connectivity index (χ2v) is 15.2. The Kier molecular flexibility index (Phi) is 7.34. The van der Waals surface area contributed by atoms with E-state index in [1.165, 1.54) is 10.4 Å². The summed E-state index contributed by atoms with van der Waals surface area (Å²) in [5.41, 5.74) is 1.05. The van der Waals surface area contributed by atoms with E-state index in [1.54, 1.807) is 5.06 Å². The van der Waals surface area contributed by atoms with Crippen LogP contribution in [-0.2, 0) is 25.3 Å². The van der Waals surface area contributed by atoms with Gasteiger partial charge in [0.05, 0.1) is 19.3 Å². The molecule has 0 aliphatic carbocycles. The van der Waals surface area contributed by atoms with Crippen molar-refractivity contribution < 1.29 is 23.9 Å². The number of carbonyl (C=O) groups is 1. The van der Waals surface area contributed by atoms with Gasteiger partial charge in [0.1, 0.15) is 12.0 Å². The zero-order valence-corrected chi connectivity index (χ0v) is 22.6. The topological polar surface area (TPSA) is 68.2 Å². The fraction of sp³-hybridized carbons (Fsp3) is 0.367. The van der Waals surface area contributed by atoms with Crippen molar-refractivity contribution in [2.24, 2.45) is 5.92 Å². The minimum atomic E-state index is -2.80. The number of esters is 1. The van der Waals surface area contributed by atoms with E-state index in [4.69, 9.17) is 14.0 Å². The molecule has 3 aromatic rings. The van der Waals surface area contributed by atoms with Gasteiger partial charge in [0, 0.05) is 6.54 Å². The number of benzene rings is 3. The van der Waals surface area contributed by atoms with Gasteiger partial charge in [-0.2, -0.15) is 5.06 Å². The monoisotopic (exact) mass is 517 g/mol. The van der Waals surface area contributed by atoms with Crippen LogP contribution in [0.4, 0.5) is 0 Å². The molecule has 4 atom stereocenters. The fourth-order valence-electron chi connectivity index (χ4n) is 5.80. The van der Waals surface area contributed by atoms with Crippen molar-refractivity contribution in [1.82, 2.24) is 5.06 Å². The molecule has 0 unspecified atom stereocenters. The number of carbonyl (C=O) groups excluding carboxylic acids is 1. The number of hydrogen-bond acceptors (Lipinski definition) is 6. The van der Waals surface area contributed by atoms with E-state index in [9.17, 15) is 9.90 Å². The molecule has 2 heterocycles. The quantitative estimate of drug-likeness (QED) is 0.365. The molecule has 0 aromatic heterocycles. The van der Waals surface area contributed by atoms with Gasteiger partial charge in [-0.3, -0.25) is 9.63 Å². The highest BCUT2D eigenvalue weighted by Crippen LogP contribution is 2.40. The molecule has 2 saturated heterocycles. The van der Waals surface area contributed by atoms with Crippen LogP contribution in [0.5, 0.6) is 0 Å². The van der Waals surface area contributed by atoms with Gasteiger partial charge in [-0.1, -0.05) is 112 Å². The maximum atomic E-state index is 13.0. The molecule has 2 fully saturated rings. The van der Waals surface area contributed by atoms with Crippen LogP contribution < -0.4 is 10.4 Å². The smallest absolute Gasteiger partial charge is 0.314 e. The predicted molar refractivity (Wildman–Crippen MR) is 145 cm³/mol. The molecule has 0 amide bonds. The third-order valence-electron chi connectivity index (χ3n) is 7.55. The first-order valence-electron chi connectivity index (χ1n) is 12.9. The van der Waals surface area contributed by atoms with Crippen molar-refractivity contribution in [2.75, 3.05) is 13.2 Å². The Morgan fingerprint density at radius 3 is 1.95 bits per heavy atom. The van der Waals surface area contributed by atoms with Gasteiger partial charge in [-0.05, 0) is 21.0 Å². The summed E-state index contributed by atoms with van der Waals surface area (Å²) in [5.74, 6) is -0.892. The lowest BCUT2D eigenvalue weighted by Gasteiger charge is -2.43. The molecule has 2 aliphatic heterocycles. The highest BCUT2D eigenvalue weighted by atomic mass is 28.4. The molecule has 2 aliphatic rings. The largest absolute Gasteiger partial charge is 0.457 e. The Balaban J connectivity index is 1.43. The third kappa shape index (κ3) is 4.78. The van der Waals surface area contributed by atoms with Gasteiger partial charge < -0.3 is 14.3 Å². The van der Waals surface area contributed by atoms with Gasteiger partial charge >= 0.3 is 5.97 Å². The van der Waals surface area contributed by atoms with Crippen molar-refractivity contribution in [3.63, 3.8) is 0 Å². The van der Waals surface area contributed by atoms with Gasteiger partial charge in [0.2, 0.25) is 0 Å². The first-order valence-corrected chi connectivity index (χ1v) is 14.8. The summed E-state index contributed by atoms with van der Waals surface area (Å²) in [5, 5.41) is 14.1. The number of nitrogens with zero attached hydrogens (tertiary/aromatic N) is 1. The first kappa shape index (κ1) is 25.8. The number of aliphatic hydroxyl groups excluding tert-OH is 1. The van der Waals surface area contributed by atoms with E-state index >= 15 is 0 Å². The standard InChI is InChI=1S/C30H35NO5Si/c1-30(2,3)37(23-15-9-5-10-16-23,24-17-11-6-12-18-24)34-21-26-28-27(29(33)35-26)25(20-32)31(36-28)19-22-13-7-4-8-14-22/h4-18,25-28,32H,19-21H2,1-3H3/t25-,26-,27-,28-/m1/s1. The molecule has 6 nitrogen and oxygen atoms in total. The van der Waals surface area contributed by atoms with Crippen LogP contribution in [0.2, 0.25) is 5.04 Å². The molecule has 37 heavy (non-hydrogen) atoms. The lowest BCUT2D eigenvalue weighted by Crippen LogP contribution is -2.67. The average molecular weight is 518 g/mol. The van der Waals surface area contributed by atoms with Gasteiger partial charge in [0.15, 0.2) is 6.10 Å². The molecule has 0 radical (unpaired) electrons. The highest BCUT2D eigenvalue weighted by molar-refractivity contribution is 6.99. The molecular weight excluding hydrogens is 482 g/mol. The van der Waals surface area contributed by atoms with Crippen LogP contribution in [0.3, 0.4) is 0 Å². The van der Waals surface area contributed by atoms with Crippen molar-refractivity contribution in [3.8, 4) is 0 Å². The number of ether oxygens (including phenoxy) is 1. The number of rotatable bonds is 8. The van der Waals surface area contributed by atoms with E-state index in [-0.39, 0.29) is 24.2 Å². The Morgan fingerprint density at radius 2 is 1.43 bits per heavy atom. The van der Waals surface area contributed by atoms with Crippen molar-refractivity contribution in [2.45, 2.75) is 50.6 Å². The molecule has 1 N–H and O–H groups in total. The summed E-state index contributed by atoms with van der Waals surface area (Å²) in [6, 6.07) is 30.2. The third-order valence-corrected chi connectivity index (χ3v) is 12.6. The van der Waals surface area contributed by atoms with Crippen LogP contribution in [-0.4, -0.2) is 55.9 Å². The van der Waals surface area contributed by atoms with Crippen LogP contribution in [0.25, 0.3) is 0 Å². The minimum absolute atomic E-state index is 0.189. The number of hydrogen-bond donors (Lipinski definition) is 1. The predicted octanol–water partition coefficient (Wildman–Crippen LogP) is 3.28. The molecule has 3 aromatic carbocycles. The summed E-state index contributed by atoms with van der Waals surface area (Å²) in [6.07, 6.45) is -1.07. The van der Waals surface area contributed by atoms with Crippen LogP contribution in [0.15, 0.2) is 91.0 Å². The Morgan fingerprint density at radius 1 is 0.892 bits per heavy atom. The molecule has 7 heteroatoms. The maximum Gasteiger partial charge on any atom is 0.314 e. The van der Waals surface area contributed by atoms with E-state index < -0.39 is 32.5 Å². The van der Waals surface area contributed by atoms with E-state index in [1.807, 2.05) is 66.7 Å². The Bertz CT molecular complexity index is 1150. The normalized spacial score (nSPS) is 24.2. The first-order chi connectivity index (χ1) is 17.8. The molecule has 0 spiro atoms. The van der Waals surface area contributed by atoms with Gasteiger partial charge in [-0.25, -0.2) is 0 Å². The van der Waals surface area contributed by atoms with Crippen molar-refractivity contribution >= 4 is 24.7 Å². The Hall–Kier alpha value is -2.81. The van der Waals surface area contributed by atoms with E-state index in [0.717, 1.165) is 5.56 Å². The van der Waals surface area contributed by atoms with Crippen molar-refractivity contribution in [1.29, 1.82) is 0 Å². The second-order valence-electron chi connectivity index (χ2n) is 10.9. The molecule has 0 saturated carbocycles. The molecule has 0 bridgehead atoms. The van der Waals surface area contributed by atoms with Crippen LogP contribution >= 0.6 is 0 Å². The van der Waals surface area contributed by atoms with Crippen LogP contribution in [0.1, 0.15) is 26.3 Å². The number of fused-ring (bicyclic) bond motifs is 1. The lowest BCUT2D eigenvalue weighted by molar-refractivity contribution is -0.199. The highest BCUT2D eigenvalue weighted by Gasteiger charge is 2.58. The SMILES string of the molecule is CC(C)(C)[Si](OC[C@H]1OC(=O)[C@H]2[C@@H]1ON(Cc1ccccc1)[C@@H]2CO)(c1ccccc1)c1ccccc1. The van der Waals surface area contributed by atoms with Gasteiger partial charge in [-0.15, -0.1) is 0 Å². The zero-order valence-electron chi connectivity index (χ0n) is 21.6. The minimum Gasteiger partial charge on any atom is -0.457 e. The number of aliphatic hydroxyl groups is 1. The summed E-state index contributed by atoms with van der Waals surface area (Å²) in [7, 11) is -2.80. The second kappa shape index (κ2) is 10.5. The van der Waals surface area contributed by atoms with E-state index in [2.05, 4.69) is 45.0 Å². The summed E-state index contributed by atoms with van der Waals surface area (Å²) < 4.78 is 12.9. The van der Waals surface area contributed by atoms with Crippen molar-refractivity contribution in [3.05, 3.63) is 96.6 Å². The molecule has 5 rings (SSSR count). The average Bonchev–Trinajstić information content (AvgIpc) is 3.41. The fourth-order valence-corrected chi connectivity index (χ4v) is 10.4. The molecular formula is C30H35NO5Si. The van der Waals surface area contributed by atoms with Gasteiger partial charge in [0.25, 0.3) is 8.32 Å². The van der Waals surface area contributed by atoms with E-state index in [0.29, 0.717) is 6.54 Å². The zero-order chi connectivity index (χ0) is 26.0. The number of cyclic esters (lactones) is 1. The number of hydroxylamine groups is 2. The summed E-state index contributed by atoms with van der Waals surface area (Å²) >= 11 is 0. The summed E-state index contributed by atoms with van der Waals surface area (Å²) in [4.78, 5) is 19.3. The van der Waals surface area contributed by atoms with Crippen LogP contribution in [0, 0.1) is 5.92 Å².